The van der Waals surface area contributed by atoms with Crippen LogP contribution < -0.4 is 10.6 Å². The Balaban J connectivity index is 1.61. The van der Waals surface area contributed by atoms with E-state index in [0.29, 0.717) is 0 Å². The molecule has 126 valence electrons. The van der Waals surface area contributed by atoms with Crippen LogP contribution in [-0.2, 0) is 0 Å². The Kier molecular flexibility index (Phi) is 3.60. The van der Waals surface area contributed by atoms with Crippen LogP contribution in [0.4, 0.5) is 11.4 Å². The van der Waals surface area contributed by atoms with Crippen molar-refractivity contribution >= 4 is 22.1 Å². The lowest BCUT2D eigenvalue weighted by atomic mass is 10.0. The lowest BCUT2D eigenvalue weighted by Gasteiger charge is -2.26. The molecule has 2 heteroatoms. The van der Waals surface area contributed by atoms with Crippen LogP contribution >= 0.6 is 0 Å². The third-order valence-corrected chi connectivity index (χ3v) is 5.16. The van der Waals surface area contributed by atoms with Gasteiger partial charge >= 0.3 is 0 Å². The fourth-order valence-corrected chi connectivity index (χ4v) is 4.03. The Morgan fingerprint density at radius 1 is 0.462 bits per heavy atom. The first-order valence-electron chi connectivity index (χ1n) is 9.05. The summed E-state index contributed by atoms with van der Waals surface area (Å²) in [7, 11) is 0. The number of benzene rings is 4. The van der Waals surface area contributed by atoms with E-state index in [1.165, 1.54) is 21.9 Å². The molecule has 2 nitrogen and oxygen atoms in total. The third kappa shape index (κ3) is 2.51. The standard InChI is InChI=1S/C24H20N2/c1-3-11-18(12-4-1)25-23-20-15-7-9-17-10-8-16-21(22(17)20)24(23)26-19-13-5-2-6-14-19/h1-16,23-26H. The van der Waals surface area contributed by atoms with Gasteiger partial charge in [-0.25, -0.2) is 0 Å². The highest BCUT2D eigenvalue weighted by molar-refractivity contribution is 5.93. The molecule has 0 bridgehead atoms. The topological polar surface area (TPSA) is 24.1 Å². The average molecular weight is 336 g/mol. The van der Waals surface area contributed by atoms with Gasteiger partial charge in [-0.05, 0) is 46.2 Å². The number of nitrogens with one attached hydrogen (secondary N) is 2. The predicted octanol–water partition coefficient (Wildman–Crippen LogP) is 6.16. The maximum atomic E-state index is 3.76. The van der Waals surface area contributed by atoms with E-state index in [1.807, 2.05) is 0 Å². The molecule has 1 aliphatic carbocycles. The quantitative estimate of drug-likeness (QED) is 0.466. The molecule has 0 spiro atoms. The summed E-state index contributed by atoms with van der Waals surface area (Å²) in [5.41, 5.74) is 5.00. The summed E-state index contributed by atoms with van der Waals surface area (Å²) in [5, 5.41) is 10.2. The largest absolute Gasteiger partial charge is 0.376 e. The second-order valence-electron chi connectivity index (χ2n) is 6.77. The van der Waals surface area contributed by atoms with Gasteiger partial charge in [0.1, 0.15) is 0 Å². The minimum absolute atomic E-state index is 0.179. The van der Waals surface area contributed by atoms with Crippen LogP contribution in [0.15, 0.2) is 97.1 Å². The van der Waals surface area contributed by atoms with Gasteiger partial charge in [0.2, 0.25) is 0 Å². The van der Waals surface area contributed by atoms with Gasteiger partial charge in [-0.2, -0.15) is 0 Å². The van der Waals surface area contributed by atoms with Crippen LogP contribution in [0.3, 0.4) is 0 Å². The zero-order valence-corrected chi connectivity index (χ0v) is 14.4. The first-order chi connectivity index (χ1) is 12.9. The maximum Gasteiger partial charge on any atom is 0.0763 e. The van der Waals surface area contributed by atoms with Gasteiger partial charge in [0, 0.05) is 11.4 Å². The Labute approximate surface area is 153 Å². The van der Waals surface area contributed by atoms with Crippen LogP contribution in [0.2, 0.25) is 0 Å². The van der Waals surface area contributed by atoms with Crippen molar-refractivity contribution in [3.8, 4) is 0 Å². The fourth-order valence-electron chi connectivity index (χ4n) is 4.03. The Morgan fingerprint density at radius 3 is 1.38 bits per heavy atom. The van der Waals surface area contributed by atoms with Crippen molar-refractivity contribution in [1.82, 2.24) is 0 Å². The number of rotatable bonds is 4. The molecule has 0 aromatic heterocycles. The van der Waals surface area contributed by atoms with E-state index in [4.69, 9.17) is 0 Å². The van der Waals surface area contributed by atoms with E-state index in [1.54, 1.807) is 0 Å². The predicted molar refractivity (Wildman–Crippen MR) is 110 cm³/mol. The van der Waals surface area contributed by atoms with Crippen LogP contribution in [0.1, 0.15) is 23.2 Å². The smallest absolute Gasteiger partial charge is 0.0763 e. The summed E-state index contributed by atoms with van der Waals surface area (Å²) >= 11 is 0. The summed E-state index contributed by atoms with van der Waals surface area (Å²) in [6.45, 7) is 0. The summed E-state index contributed by atoms with van der Waals surface area (Å²) in [6, 6.07) is 34.5. The zero-order chi connectivity index (χ0) is 17.3. The lowest BCUT2D eigenvalue weighted by molar-refractivity contribution is 0.682. The number of anilines is 2. The van der Waals surface area contributed by atoms with E-state index >= 15 is 0 Å². The molecule has 0 aliphatic heterocycles. The minimum Gasteiger partial charge on any atom is -0.376 e. The van der Waals surface area contributed by atoms with Crippen LogP contribution in [0.25, 0.3) is 10.8 Å². The molecule has 0 heterocycles. The maximum absolute atomic E-state index is 3.76. The summed E-state index contributed by atoms with van der Waals surface area (Å²) in [6.07, 6.45) is 0. The van der Waals surface area contributed by atoms with Crippen molar-refractivity contribution in [3.05, 3.63) is 108 Å². The third-order valence-electron chi connectivity index (χ3n) is 5.16. The van der Waals surface area contributed by atoms with Crippen molar-refractivity contribution < 1.29 is 0 Å². The highest BCUT2D eigenvalue weighted by atomic mass is 15.0. The van der Waals surface area contributed by atoms with Crippen LogP contribution in [-0.4, -0.2) is 0 Å². The molecule has 0 radical (unpaired) electrons. The summed E-state index contributed by atoms with van der Waals surface area (Å²) < 4.78 is 0. The Bertz CT molecular complexity index is 959. The number of para-hydroxylation sites is 2. The van der Waals surface area contributed by atoms with Crippen molar-refractivity contribution in [2.45, 2.75) is 12.1 Å². The van der Waals surface area contributed by atoms with Crippen molar-refractivity contribution in [2.75, 3.05) is 10.6 Å². The molecule has 0 saturated carbocycles. The first kappa shape index (κ1) is 15.0. The second-order valence-corrected chi connectivity index (χ2v) is 6.77. The molecule has 0 fully saturated rings. The molecule has 0 saturated heterocycles. The monoisotopic (exact) mass is 336 g/mol. The van der Waals surface area contributed by atoms with Gasteiger partial charge in [0.25, 0.3) is 0 Å². The summed E-state index contributed by atoms with van der Waals surface area (Å²) in [4.78, 5) is 0. The van der Waals surface area contributed by atoms with E-state index < -0.39 is 0 Å². The molecule has 1 aliphatic rings. The van der Waals surface area contributed by atoms with Crippen molar-refractivity contribution in [1.29, 1.82) is 0 Å². The molecule has 5 rings (SSSR count). The first-order valence-corrected chi connectivity index (χ1v) is 9.05. The molecule has 2 atom stereocenters. The Hall–Kier alpha value is -3.26. The van der Waals surface area contributed by atoms with Gasteiger partial charge in [-0.1, -0.05) is 72.8 Å². The molecule has 4 aromatic carbocycles. The number of hydrogen-bond acceptors (Lipinski definition) is 2. The SMILES string of the molecule is c1ccc(NC2c3cccc4cccc(c34)C2Nc2ccccc2)cc1. The lowest BCUT2D eigenvalue weighted by Crippen LogP contribution is -2.21. The van der Waals surface area contributed by atoms with E-state index in [9.17, 15) is 0 Å². The molecular formula is C24H20N2. The van der Waals surface area contributed by atoms with Crippen LogP contribution in [0, 0.1) is 0 Å². The van der Waals surface area contributed by atoms with Crippen molar-refractivity contribution in [2.24, 2.45) is 0 Å². The normalized spacial score (nSPS) is 18.0. The molecule has 0 amide bonds. The Morgan fingerprint density at radius 2 is 0.923 bits per heavy atom. The van der Waals surface area contributed by atoms with E-state index in [-0.39, 0.29) is 12.1 Å². The minimum atomic E-state index is 0.179. The highest BCUT2D eigenvalue weighted by Gasteiger charge is 2.34. The molecular weight excluding hydrogens is 316 g/mol. The molecule has 26 heavy (non-hydrogen) atoms. The van der Waals surface area contributed by atoms with Gasteiger partial charge < -0.3 is 10.6 Å². The van der Waals surface area contributed by atoms with E-state index in [0.717, 1.165) is 11.4 Å². The molecule has 2 unspecified atom stereocenters. The van der Waals surface area contributed by atoms with Gasteiger partial charge in [0.05, 0.1) is 12.1 Å². The van der Waals surface area contributed by atoms with Gasteiger partial charge in [-0.3, -0.25) is 0 Å². The van der Waals surface area contributed by atoms with Gasteiger partial charge in [0.15, 0.2) is 0 Å². The fraction of sp³-hybridized carbons (Fsp3) is 0.0833. The van der Waals surface area contributed by atoms with E-state index in [2.05, 4.69) is 108 Å². The van der Waals surface area contributed by atoms with Gasteiger partial charge in [-0.15, -0.1) is 0 Å². The zero-order valence-electron chi connectivity index (χ0n) is 14.4. The second kappa shape index (κ2) is 6.23. The average Bonchev–Trinajstić information content (AvgIpc) is 2.99. The van der Waals surface area contributed by atoms with Crippen molar-refractivity contribution in [3.63, 3.8) is 0 Å². The number of hydrogen-bond donors (Lipinski definition) is 2. The molecule has 4 aromatic rings. The molecule has 2 N–H and O–H groups in total. The highest BCUT2D eigenvalue weighted by Crippen LogP contribution is 2.46. The summed E-state index contributed by atoms with van der Waals surface area (Å²) in [5.74, 6) is 0. The van der Waals surface area contributed by atoms with Crippen LogP contribution in [0.5, 0.6) is 0 Å².